The van der Waals surface area contributed by atoms with Gasteiger partial charge in [0.2, 0.25) is 5.95 Å². The summed E-state index contributed by atoms with van der Waals surface area (Å²) in [6.45, 7) is 1.46. The predicted octanol–water partition coefficient (Wildman–Crippen LogP) is 1.48. The summed E-state index contributed by atoms with van der Waals surface area (Å²) in [6, 6.07) is 0. The standard InChI is InChI=1S/C12H14FN5O/c13-8-5-16-12(14)18-10(8)9-6-15-11(17-9)7-1-3-19-4-2-7/h5-7H,1-4H2,(H,15,17)(H2,14,16,18). The number of nitrogens with one attached hydrogen (secondary N) is 1. The van der Waals surface area contributed by atoms with Crippen LogP contribution in [0.1, 0.15) is 24.6 Å². The van der Waals surface area contributed by atoms with Crippen LogP contribution in [0, 0.1) is 5.82 Å². The first-order chi connectivity index (χ1) is 9.24. The fourth-order valence-electron chi connectivity index (χ4n) is 2.21. The molecule has 3 N–H and O–H groups in total. The molecule has 6 nitrogen and oxygen atoms in total. The maximum Gasteiger partial charge on any atom is 0.220 e. The first-order valence-corrected chi connectivity index (χ1v) is 6.15. The summed E-state index contributed by atoms with van der Waals surface area (Å²) in [5.74, 6) is 0.689. The lowest BCUT2D eigenvalue weighted by atomic mass is 10.00. The SMILES string of the molecule is Nc1ncc(F)c(-c2cnc(C3CCOCC3)[nH]2)n1. The van der Waals surface area contributed by atoms with Crippen LogP contribution in [0.4, 0.5) is 10.3 Å². The molecule has 3 heterocycles. The summed E-state index contributed by atoms with van der Waals surface area (Å²) >= 11 is 0. The minimum Gasteiger partial charge on any atom is -0.381 e. The third kappa shape index (κ3) is 2.41. The second-order valence-corrected chi connectivity index (χ2v) is 4.49. The Morgan fingerprint density at radius 1 is 1.26 bits per heavy atom. The molecule has 0 atom stereocenters. The van der Waals surface area contributed by atoms with Crippen LogP contribution in [0.25, 0.3) is 11.4 Å². The molecule has 0 bridgehead atoms. The maximum atomic E-state index is 13.7. The lowest BCUT2D eigenvalue weighted by molar-refractivity contribution is 0.0837. The lowest BCUT2D eigenvalue weighted by Gasteiger charge is -2.19. The van der Waals surface area contributed by atoms with E-state index in [0.29, 0.717) is 11.6 Å². The molecule has 7 heteroatoms. The number of hydrogen-bond donors (Lipinski definition) is 2. The van der Waals surface area contributed by atoms with Gasteiger partial charge >= 0.3 is 0 Å². The van der Waals surface area contributed by atoms with Gasteiger partial charge in [0.25, 0.3) is 0 Å². The van der Waals surface area contributed by atoms with E-state index in [0.717, 1.165) is 38.1 Å². The fraction of sp³-hybridized carbons (Fsp3) is 0.417. The van der Waals surface area contributed by atoms with Crippen molar-refractivity contribution < 1.29 is 9.13 Å². The fourth-order valence-corrected chi connectivity index (χ4v) is 2.21. The highest BCUT2D eigenvalue weighted by molar-refractivity contribution is 5.55. The zero-order chi connectivity index (χ0) is 13.2. The minimum absolute atomic E-state index is 0.0404. The van der Waals surface area contributed by atoms with Gasteiger partial charge in [0.1, 0.15) is 11.5 Å². The molecule has 0 saturated carbocycles. The molecule has 0 spiro atoms. The van der Waals surface area contributed by atoms with Gasteiger partial charge in [0.15, 0.2) is 5.82 Å². The van der Waals surface area contributed by atoms with E-state index in [1.165, 1.54) is 0 Å². The Balaban J connectivity index is 1.89. The normalized spacial score (nSPS) is 16.7. The van der Waals surface area contributed by atoms with Crippen molar-refractivity contribution in [2.24, 2.45) is 0 Å². The maximum absolute atomic E-state index is 13.7. The van der Waals surface area contributed by atoms with Crippen molar-refractivity contribution in [2.75, 3.05) is 18.9 Å². The van der Waals surface area contributed by atoms with E-state index >= 15 is 0 Å². The zero-order valence-electron chi connectivity index (χ0n) is 10.3. The van der Waals surface area contributed by atoms with Crippen molar-refractivity contribution in [3.8, 4) is 11.4 Å². The van der Waals surface area contributed by atoms with E-state index in [9.17, 15) is 4.39 Å². The van der Waals surface area contributed by atoms with Gasteiger partial charge in [-0.15, -0.1) is 0 Å². The number of nitrogen functional groups attached to an aromatic ring is 1. The van der Waals surface area contributed by atoms with Crippen molar-refractivity contribution in [1.82, 2.24) is 19.9 Å². The second kappa shape index (κ2) is 4.93. The van der Waals surface area contributed by atoms with E-state index in [-0.39, 0.29) is 11.6 Å². The van der Waals surface area contributed by atoms with Crippen LogP contribution in [0.15, 0.2) is 12.4 Å². The molecule has 3 rings (SSSR count). The van der Waals surface area contributed by atoms with Crippen LogP contribution in [-0.4, -0.2) is 33.1 Å². The molecule has 1 aliphatic rings. The van der Waals surface area contributed by atoms with Crippen LogP contribution in [0.3, 0.4) is 0 Å². The average Bonchev–Trinajstić information content (AvgIpc) is 2.92. The molecule has 1 fully saturated rings. The van der Waals surface area contributed by atoms with Gasteiger partial charge in [-0.2, -0.15) is 0 Å². The summed E-state index contributed by atoms with van der Waals surface area (Å²) in [4.78, 5) is 14.9. The molecule has 1 aliphatic heterocycles. The van der Waals surface area contributed by atoms with Gasteiger partial charge in [0.05, 0.1) is 18.1 Å². The zero-order valence-corrected chi connectivity index (χ0v) is 10.3. The number of rotatable bonds is 2. The van der Waals surface area contributed by atoms with E-state index in [2.05, 4.69) is 19.9 Å². The number of nitrogens with zero attached hydrogens (tertiary/aromatic N) is 3. The van der Waals surface area contributed by atoms with Crippen LogP contribution in [0.2, 0.25) is 0 Å². The third-order valence-corrected chi connectivity index (χ3v) is 3.22. The predicted molar refractivity (Wildman–Crippen MR) is 66.8 cm³/mol. The highest BCUT2D eigenvalue weighted by atomic mass is 19.1. The first kappa shape index (κ1) is 12.0. The monoisotopic (exact) mass is 263 g/mol. The van der Waals surface area contributed by atoms with E-state index < -0.39 is 5.82 Å². The number of anilines is 1. The van der Waals surface area contributed by atoms with E-state index in [4.69, 9.17) is 10.5 Å². The number of halogens is 1. The molecule has 0 aromatic carbocycles. The Labute approximate surface area is 109 Å². The Morgan fingerprint density at radius 2 is 2.05 bits per heavy atom. The van der Waals surface area contributed by atoms with Crippen LogP contribution in [0.5, 0.6) is 0 Å². The highest BCUT2D eigenvalue weighted by Gasteiger charge is 2.20. The summed E-state index contributed by atoms with van der Waals surface area (Å²) in [6.07, 6.45) is 4.48. The van der Waals surface area contributed by atoms with E-state index in [1.54, 1.807) is 6.20 Å². The topological polar surface area (TPSA) is 89.7 Å². The number of H-pyrrole nitrogens is 1. The van der Waals surface area contributed by atoms with Gasteiger partial charge in [-0.3, -0.25) is 0 Å². The van der Waals surface area contributed by atoms with Crippen LogP contribution >= 0.6 is 0 Å². The molecule has 2 aromatic heterocycles. The molecule has 2 aromatic rings. The Kier molecular flexibility index (Phi) is 3.12. The molecular formula is C12H14FN5O. The van der Waals surface area contributed by atoms with Crippen LogP contribution in [-0.2, 0) is 4.74 Å². The van der Waals surface area contributed by atoms with Gasteiger partial charge < -0.3 is 15.5 Å². The number of aromatic amines is 1. The number of nitrogens with two attached hydrogens (primary N) is 1. The number of imidazole rings is 1. The Hall–Kier alpha value is -2.02. The summed E-state index contributed by atoms with van der Waals surface area (Å²) in [5, 5.41) is 0. The third-order valence-electron chi connectivity index (χ3n) is 3.22. The summed E-state index contributed by atoms with van der Waals surface area (Å²) in [5.41, 5.74) is 6.15. The number of ether oxygens (including phenoxy) is 1. The Morgan fingerprint density at radius 3 is 2.84 bits per heavy atom. The minimum atomic E-state index is -0.517. The second-order valence-electron chi connectivity index (χ2n) is 4.49. The molecule has 0 radical (unpaired) electrons. The lowest BCUT2D eigenvalue weighted by Crippen LogP contribution is -2.15. The van der Waals surface area contributed by atoms with Crippen molar-refractivity contribution >= 4 is 5.95 Å². The van der Waals surface area contributed by atoms with Crippen molar-refractivity contribution in [1.29, 1.82) is 0 Å². The van der Waals surface area contributed by atoms with Gasteiger partial charge in [-0.05, 0) is 12.8 Å². The average molecular weight is 263 g/mol. The molecular weight excluding hydrogens is 249 g/mol. The summed E-state index contributed by atoms with van der Waals surface area (Å²) < 4.78 is 19.0. The van der Waals surface area contributed by atoms with Crippen molar-refractivity contribution in [3.63, 3.8) is 0 Å². The van der Waals surface area contributed by atoms with Gasteiger partial charge in [-0.1, -0.05) is 0 Å². The van der Waals surface area contributed by atoms with Gasteiger partial charge in [-0.25, -0.2) is 19.3 Å². The quantitative estimate of drug-likeness (QED) is 0.856. The Bertz CT molecular complexity index is 579. The molecule has 0 aliphatic carbocycles. The summed E-state index contributed by atoms with van der Waals surface area (Å²) in [7, 11) is 0. The first-order valence-electron chi connectivity index (χ1n) is 6.15. The molecule has 0 amide bonds. The van der Waals surface area contributed by atoms with Crippen molar-refractivity contribution in [2.45, 2.75) is 18.8 Å². The van der Waals surface area contributed by atoms with Crippen molar-refractivity contribution in [3.05, 3.63) is 24.0 Å². The molecule has 100 valence electrons. The largest absolute Gasteiger partial charge is 0.381 e. The van der Waals surface area contributed by atoms with Gasteiger partial charge in [0, 0.05) is 19.1 Å². The smallest absolute Gasteiger partial charge is 0.220 e. The highest BCUT2D eigenvalue weighted by Crippen LogP contribution is 2.27. The van der Waals surface area contributed by atoms with Crippen LogP contribution < -0.4 is 5.73 Å². The molecule has 19 heavy (non-hydrogen) atoms. The number of hydrogen-bond acceptors (Lipinski definition) is 5. The molecule has 0 unspecified atom stereocenters. The molecule has 1 saturated heterocycles. The number of aromatic nitrogens is 4. The van der Waals surface area contributed by atoms with E-state index in [1.807, 2.05) is 0 Å².